The number of ether oxygens (including phenoxy) is 3. The van der Waals surface area contributed by atoms with E-state index in [9.17, 15) is 13.2 Å². The van der Waals surface area contributed by atoms with Gasteiger partial charge in [0.15, 0.2) is 5.75 Å². The minimum absolute atomic E-state index is 0.00459. The van der Waals surface area contributed by atoms with Crippen molar-refractivity contribution in [2.45, 2.75) is 26.2 Å². The molecule has 0 saturated heterocycles. The van der Waals surface area contributed by atoms with E-state index in [1.807, 2.05) is 53.4 Å². The Hall–Kier alpha value is -4.77. The van der Waals surface area contributed by atoms with Crippen molar-refractivity contribution in [1.29, 1.82) is 0 Å². The summed E-state index contributed by atoms with van der Waals surface area (Å²) in [6.45, 7) is 2.83. The number of methoxy groups -OCH3 is 2. The van der Waals surface area contributed by atoms with Gasteiger partial charge in [-0.15, -0.1) is 0 Å². The third-order valence-electron chi connectivity index (χ3n) is 7.59. The number of nitrogens with zero attached hydrogens (tertiary/aromatic N) is 4. The summed E-state index contributed by atoms with van der Waals surface area (Å²) >= 11 is 6.87. The van der Waals surface area contributed by atoms with E-state index in [-0.39, 0.29) is 34.2 Å². The largest absolute Gasteiger partial charge is 0.497 e. The van der Waals surface area contributed by atoms with Gasteiger partial charge >= 0.3 is 6.18 Å². The van der Waals surface area contributed by atoms with Crippen molar-refractivity contribution in [3.8, 4) is 28.5 Å². The van der Waals surface area contributed by atoms with E-state index >= 15 is 0 Å². The Balaban J connectivity index is 1.53. The minimum atomic E-state index is -4.71. The van der Waals surface area contributed by atoms with Gasteiger partial charge in [-0.1, -0.05) is 35.9 Å². The monoisotopic (exact) mass is 635 g/mol. The number of hydrogen-bond donors (Lipinski definition) is 1. The maximum atomic E-state index is 14.7. The molecule has 1 aliphatic rings. The zero-order valence-electron chi connectivity index (χ0n) is 24.7. The lowest BCUT2D eigenvalue weighted by Crippen LogP contribution is -2.24. The van der Waals surface area contributed by atoms with E-state index < -0.39 is 11.7 Å². The number of anilines is 2. The Morgan fingerprint density at radius 3 is 2.13 bits per heavy atom. The number of rotatable bonds is 8. The number of hydrogen-bond acceptors (Lipinski definition) is 8. The molecule has 8 nitrogen and oxygen atoms in total. The van der Waals surface area contributed by atoms with Crippen LogP contribution < -0.4 is 24.4 Å². The number of nitrogens with one attached hydrogen (secondary N) is 1. The Kier molecular flexibility index (Phi) is 8.28. The fourth-order valence-corrected chi connectivity index (χ4v) is 5.71. The first-order valence-electron chi connectivity index (χ1n) is 14.1. The van der Waals surface area contributed by atoms with Crippen molar-refractivity contribution >= 4 is 34.1 Å². The highest BCUT2D eigenvalue weighted by molar-refractivity contribution is 6.36. The van der Waals surface area contributed by atoms with Crippen molar-refractivity contribution in [2.24, 2.45) is 0 Å². The fourth-order valence-electron chi connectivity index (χ4n) is 5.42. The van der Waals surface area contributed by atoms with Gasteiger partial charge in [0.1, 0.15) is 36.1 Å². The molecule has 0 bridgehead atoms. The number of halogens is 4. The zero-order chi connectivity index (χ0) is 31.7. The second kappa shape index (κ2) is 12.3. The SMILES string of the molecule is COc1ccc(CN(Cc2ccc(OC)cc2)c2cc(C)c(C(F)(F)F)c(-c3cc4ncnc5c4c(c3Cl)OCCN5)n2)cc1. The number of aryl methyl sites for hydroxylation is 1. The first-order valence-corrected chi connectivity index (χ1v) is 14.5. The first-order chi connectivity index (χ1) is 21.7. The normalized spacial score (nSPS) is 12.7. The van der Waals surface area contributed by atoms with Crippen LogP contribution in [0.5, 0.6) is 17.2 Å². The highest BCUT2D eigenvalue weighted by Gasteiger charge is 2.38. The average molecular weight is 636 g/mol. The molecule has 0 spiro atoms. The smallest absolute Gasteiger partial charge is 0.418 e. The maximum Gasteiger partial charge on any atom is 0.418 e. The minimum Gasteiger partial charge on any atom is -0.497 e. The summed E-state index contributed by atoms with van der Waals surface area (Å²) in [5.41, 5.74) is 1.10. The van der Waals surface area contributed by atoms with Crippen LogP contribution in [-0.2, 0) is 19.3 Å². The summed E-state index contributed by atoms with van der Waals surface area (Å²) in [5, 5.41) is 3.67. The van der Waals surface area contributed by atoms with Crippen LogP contribution in [0, 0.1) is 6.92 Å². The molecule has 0 aliphatic carbocycles. The summed E-state index contributed by atoms with van der Waals surface area (Å²) < 4.78 is 60.8. The fraction of sp³-hybridized carbons (Fsp3) is 0.242. The number of benzene rings is 3. The molecule has 6 rings (SSSR count). The molecule has 0 saturated carbocycles. The van der Waals surface area contributed by atoms with Gasteiger partial charge in [0, 0.05) is 18.7 Å². The summed E-state index contributed by atoms with van der Waals surface area (Å²) in [4.78, 5) is 15.2. The van der Waals surface area contributed by atoms with E-state index in [4.69, 9.17) is 30.8 Å². The Morgan fingerprint density at radius 2 is 1.56 bits per heavy atom. The molecule has 5 aromatic rings. The van der Waals surface area contributed by atoms with Crippen molar-refractivity contribution in [2.75, 3.05) is 37.6 Å². The van der Waals surface area contributed by atoms with Crippen molar-refractivity contribution < 1.29 is 27.4 Å². The van der Waals surface area contributed by atoms with Crippen LogP contribution in [0.2, 0.25) is 5.02 Å². The Morgan fingerprint density at radius 1 is 0.933 bits per heavy atom. The molecule has 0 amide bonds. The molecule has 12 heteroatoms. The number of pyridine rings is 1. The zero-order valence-corrected chi connectivity index (χ0v) is 25.5. The van der Waals surface area contributed by atoms with Gasteiger partial charge in [-0.3, -0.25) is 0 Å². The molecule has 232 valence electrons. The van der Waals surface area contributed by atoms with Crippen LogP contribution in [0.25, 0.3) is 22.2 Å². The lowest BCUT2D eigenvalue weighted by atomic mass is 9.98. The molecule has 45 heavy (non-hydrogen) atoms. The van der Waals surface area contributed by atoms with Crippen molar-refractivity contribution in [3.05, 3.63) is 94.3 Å². The second-order valence-electron chi connectivity index (χ2n) is 10.5. The molecule has 0 radical (unpaired) electrons. The van der Waals surface area contributed by atoms with Gasteiger partial charge in [0.25, 0.3) is 0 Å². The van der Waals surface area contributed by atoms with E-state index in [1.165, 1.54) is 25.4 Å². The van der Waals surface area contributed by atoms with Gasteiger partial charge < -0.3 is 24.4 Å². The highest BCUT2D eigenvalue weighted by atomic mass is 35.5. The Labute approximate surface area is 262 Å². The summed E-state index contributed by atoms with van der Waals surface area (Å²) in [6, 6.07) is 18.0. The van der Waals surface area contributed by atoms with Crippen LogP contribution in [0.4, 0.5) is 24.8 Å². The van der Waals surface area contributed by atoms with Gasteiger partial charge in [0.2, 0.25) is 0 Å². The molecule has 0 fully saturated rings. The van der Waals surface area contributed by atoms with Crippen LogP contribution in [-0.4, -0.2) is 42.3 Å². The first kappa shape index (κ1) is 30.3. The van der Waals surface area contributed by atoms with Crippen molar-refractivity contribution in [1.82, 2.24) is 15.0 Å². The molecule has 3 heterocycles. The lowest BCUT2D eigenvalue weighted by molar-refractivity contribution is -0.137. The Bertz CT molecular complexity index is 1800. The number of alkyl halides is 3. The van der Waals surface area contributed by atoms with E-state index in [1.54, 1.807) is 14.2 Å². The molecule has 0 atom stereocenters. The standard InChI is InChI=1S/C33H29ClF3N5O3/c1-19-14-26(42(16-20-4-8-22(43-2)9-5-20)17-21-6-10-23(44-3)11-7-21)41-30(28(19)33(35,36)37)24-15-25-27-31(29(24)34)45-13-12-38-32(27)40-18-39-25/h4-11,14-15,18H,12-13,16-17H2,1-3H3,(H,38,39,40). The van der Waals surface area contributed by atoms with Crippen LogP contribution in [0.3, 0.4) is 0 Å². The predicted octanol–water partition coefficient (Wildman–Crippen LogP) is 7.70. The molecular weight excluding hydrogens is 607 g/mol. The van der Waals surface area contributed by atoms with Gasteiger partial charge in [-0.05, 0) is 60.0 Å². The predicted molar refractivity (Wildman–Crippen MR) is 167 cm³/mol. The summed E-state index contributed by atoms with van der Waals surface area (Å²) in [7, 11) is 3.17. The van der Waals surface area contributed by atoms with Crippen LogP contribution >= 0.6 is 11.6 Å². The summed E-state index contributed by atoms with van der Waals surface area (Å²) in [6.07, 6.45) is -3.37. The van der Waals surface area contributed by atoms with Gasteiger partial charge in [-0.2, -0.15) is 13.2 Å². The topological polar surface area (TPSA) is 81.6 Å². The third kappa shape index (κ3) is 6.12. The van der Waals surface area contributed by atoms with Gasteiger partial charge in [0.05, 0.1) is 47.9 Å². The molecular formula is C33H29ClF3N5O3. The third-order valence-corrected chi connectivity index (χ3v) is 7.97. The quantitative estimate of drug-likeness (QED) is 0.186. The van der Waals surface area contributed by atoms with Crippen LogP contribution in [0.1, 0.15) is 22.3 Å². The highest BCUT2D eigenvalue weighted by Crippen LogP contribution is 2.47. The van der Waals surface area contributed by atoms with Gasteiger partial charge in [-0.25, -0.2) is 15.0 Å². The lowest BCUT2D eigenvalue weighted by Gasteiger charge is -2.27. The number of aromatic nitrogens is 3. The van der Waals surface area contributed by atoms with E-state index in [2.05, 4.69) is 15.3 Å². The van der Waals surface area contributed by atoms with Crippen molar-refractivity contribution in [3.63, 3.8) is 0 Å². The van der Waals surface area contributed by atoms with Crippen LogP contribution in [0.15, 0.2) is 67.0 Å². The second-order valence-corrected chi connectivity index (χ2v) is 10.9. The molecule has 3 aromatic carbocycles. The maximum absolute atomic E-state index is 14.7. The summed E-state index contributed by atoms with van der Waals surface area (Å²) in [5.74, 6) is 2.45. The average Bonchev–Trinajstić information content (AvgIpc) is 3.26. The van der Waals surface area contributed by atoms with E-state index in [0.29, 0.717) is 53.7 Å². The van der Waals surface area contributed by atoms with E-state index in [0.717, 1.165) is 11.1 Å². The molecule has 2 aromatic heterocycles. The molecule has 1 N–H and O–H groups in total. The molecule has 0 unspecified atom stereocenters. The molecule has 1 aliphatic heterocycles.